The average Bonchev–Trinajstić information content (AvgIpc) is 2.44. The van der Waals surface area contributed by atoms with Gasteiger partial charge in [0.05, 0.1) is 5.69 Å². The molecule has 0 saturated carbocycles. The number of anilines is 1. The number of hydrogen-bond donors (Lipinski definition) is 2. The number of alkyl halides is 3. The maximum atomic E-state index is 12.9. The minimum Gasteiger partial charge on any atom is -0.480 e. The summed E-state index contributed by atoms with van der Waals surface area (Å²) in [6, 6.07) is 6.90. The van der Waals surface area contributed by atoms with Gasteiger partial charge >= 0.3 is 12.1 Å². The monoisotopic (exact) mass is 331 g/mol. The molecule has 2 rings (SSSR count). The van der Waals surface area contributed by atoms with Gasteiger partial charge in [0.15, 0.2) is 5.69 Å². The van der Waals surface area contributed by atoms with Gasteiger partial charge in [0, 0.05) is 10.6 Å². The molecule has 0 spiro atoms. The quantitative estimate of drug-likeness (QED) is 0.899. The smallest absolute Gasteiger partial charge is 0.433 e. The summed E-state index contributed by atoms with van der Waals surface area (Å²) >= 11 is 5.81. The standard InChI is InChI=1S/C13H9ClF3N3O2/c14-8-3-1-2-7(4-8)9-5-10(13(15,16)17)20-12(19-9)18-6-11(21)22/h1-5H,6H2,(H,21,22)(H,18,19,20). The van der Waals surface area contributed by atoms with Gasteiger partial charge in [-0.1, -0.05) is 23.7 Å². The fourth-order valence-electron chi connectivity index (χ4n) is 1.62. The summed E-state index contributed by atoms with van der Waals surface area (Å²) in [5, 5.41) is 11.1. The van der Waals surface area contributed by atoms with Crippen LogP contribution >= 0.6 is 11.6 Å². The Morgan fingerprint density at radius 3 is 2.59 bits per heavy atom. The Morgan fingerprint density at radius 1 is 1.27 bits per heavy atom. The Balaban J connectivity index is 2.48. The molecule has 1 aromatic carbocycles. The molecular weight excluding hydrogens is 323 g/mol. The molecule has 0 fully saturated rings. The van der Waals surface area contributed by atoms with E-state index in [9.17, 15) is 18.0 Å². The molecule has 0 saturated heterocycles. The number of aliphatic carboxylic acids is 1. The van der Waals surface area contributed by atoms with Gasteiger partial charge in [-0.15, -0.1) is 0 Å². The number of nitrogens with zero attached hydrogens (tertiary/aromatic N) is 2. The molecule has 0 aliphatic heterocycles. The fourth-order valence-corrected chi connectivity index (χ4v) is 1.81. The Bertz CT molecular complexity index is 707. The van der Waals surface area contributed by atoms with Crippen molar-refractivity contribution in [2.45, 2.75) is 6.18 Å². The van der Waals surface area contributed by atoms with E-state index in [1.165, 1.54) is 12.1 Å². The van der Waals surface area contributed by atoms with E-state index in [0.29, 0.717) is 10.6 Å². The number of carboxylic acid groups (broad SMARTS) is 1. The summed E-state index contributed by atoms with van der Waals surface area (Å²) in [7, 11) is 0. The van der Waals surface area contributed by atoms with E-state index in [0.717, 1.165) is 6.07 Å². The van der Waals surface area contributed by atoms with Gasteiger partial charge in [-0.2, -0.15) is 13.2 Å². The normalized spacial score (nSPS) is 11.3. The van der Waals surface area contributed by atoms with Crippen molar-refractivity contribution in [1.82, 2.24) is 9.97 Å². The molecule has 1 aromatic heterocycles. The van der Waals surface area contributed by atoms with Gasteiger partial charge in [0.2, 0.25) is 5.95 Å². The zero-order valence-corrected chi connectivity index (χ0v) is 11.6. The summed E-state index contributed by atoms with van der Waals surface area (Å²) in [5.74, 6) is -1.67. The van der Waals surface area contributed by atoms with E-state index >= 15 is 0 Å². The summed E-state index contributed by atoms with van der Waals surface area (Å²) in [5.41, 5.74) is -0.832. The van der Waals surface area contributed by atoms with Gasteiger partial charge in [0.25, 0.3) is 0 Å². The van der Waals surface area contributed by atoms with Crippen molar-refractivity contribution in [1.29, 1.82) is 0 Å². The Hall–Kier alpha value is -2.35. The second-order valence-electron chi connectivity index (χ2n) is 4.22. The van der Waals surface area contributed by atoms with E-state index in [1.807, 2.05) is 0 Å². The maximum Gasteiger partial charge on any atom is 0.433 e. The fraction of sp³-hybridized carbons (Fsp3) is 0.154. The number of carboxylic acids is 1. The third kappa shape index (κ3) is 4.08. The molecule has 0 unspecified atom stereocenters. The van der Waals surface area contributed by atoms with Crippen molar-refractivity contribution in [3.05, 3.63) is 41.0 Å². The molecule has 5 nitrogen and oxygen atoms in total. The van der Waals surface area contributed by atoms with E-state index in [4.69, 9.17) is 16.7 Å². The van der Waals surface area contributed by atoms with Crippen molar-refractivity contribution in [2.24, 2.45) is 0 Å². The minimum atomic E-state index is -4.68. The second kappa shape index (κ2) is 6.18. The zero-order valence-electron chi connectivity index (χ0n) is 10.9. The Kier molecular flexibility index (Phi) is 4.51. The van der Waals surface area contributed by atoms with Crippen LogP contribution in [0.1, 0.15) is 5.69 Å². The van der Waals surface area contributed by atoms with E-state index in [2.05, 4.69) is 15.3 Å². The van der Waals surface area contributed by atoms with Crippen molar-refractivity contribution in [3.63, 3.8) is 0 Å². The number of carbonyl (C=O) groups is 1. The third-order valence-electron chi connectivity index (χ3n) is 2.53. The van der Waals surface area contributed by atoms with Crippen molar-refractivity contribution in [3.8, 4) is 11.3 Å². The van der Waals surface area contributed by atoms with Gasteiger partial charge in [-0.3, -0.25) is 4.79 Å². The highest BCUT2D eigenvalue weighted by atomic mass is 35.5. The minimum absolute atomic E-state index is 0.0160. The average molecular weight is 332 g/mol. The third-order valence-corrected chi connectivity index (χ3v) is 2.77. The summed E-state index contributed by atoms with van der Waals surface area (Å²) in [6.45, 7) is -0.601. The first kappa shape index (κ1) is 16.0. The van der Waals surface area contributed by atoms with Gasteiger partial charge in [-0.05, 0) is 18.2 Å². The SMILES string of the molecule is O=C(O)CNc1nc(-c2cccc(Cl)c2)cc(C(F)(F)F)n1. The van der Waals surface area contributed by atoms with Gasteiger partial charge < -0.3 is 10.4 Å². The number of rotatable bonds is 4. The second-order valence-corrected chi connectivity index (χ2v) is 4.65. The number of hydrogen-bond acceptors (Lipinski definition) is 4. The van der Waals surface area contributed by atoms with E-state index < -0.39 is 30.3 Å². The van der Waals surface area contributed by atoms with E-state index in [1.54, 1.807) is 12.1 Å². The van der Waals surface area contributed by atoms with Crippen LogP contribution in [-0.2, 0) is 11.0 Å². The number of nitrogens with one attached hydrogen (secondary N) is 1. The maximum absolute atomic E-state index is 12.9. The van der Waals surface area contributed by atoms with Crippen LogP contribution < -0.4 is 5.32 Å². The lowest BCUT2D eigenvalue weighted by Crippen LogP contribution is -2.17. The lowest BCUT2D eigenvalue weighted by molar-refractivity contribution is -0.141. The lowest BCUT2D eigenvalue weighted by atomic mass is 10.1. The molecule has 2 aromatic rings. The molecule has 0 aliphatic rings. The van der Waals surface area contributed by atoms with Crippen LogP contribution in [0.3, 0.4) is 0 Å². The van der Waals surface area contributed by atoms with Crippen LogP contribution in [0.25, 0.3) is 11.3 Å². The summed E-state index contributed by atoms with van der Waals surface area (Å²) in [6.07, 6.45) is -4.68. The molecule has 22 heavy (non-hydrogen) atoms. The van der Waals surface area contributed by atoms with Crippen LogP contribution in [0.4, 0.5) is 19.1 Å². The molecule has 0 bridgehead atoms. The zero-order chi connectivity index (χ0) is 16.3. The predicted molar refractivity (Wildman–Crippen MR) is 73.6 cm³/mol. The predicted octanol–water partition coefficient (Wildman–Crippen LogP) is 3.31. The first-order valence-corrected chi connectivity index (χ1v) is 6.31. The van der Waals surface area contributed by atoms with Crippen molar-refractivity contribution < 1.29 is 23.1 Å². The highest BCUT2D eigenvalue weighted by molar-refractivity contribution is 6.30. The number of benzene rings is 1. The number of aromatic nitrogens is 2. The van der Waals surface area contributed by atoms with E-state index in [-0.39, 0.29) is 5.69 Å². The molecular formula is C13H9ClF3N3O2. The molecule has 2 N–H and O–H groups in total. The molecule has 0 radical (unpaired) electrons. The van der Waals surface area contributed by atoms with Crippen LogP contribution in [0.5, 0.6) is 0 Å². The Morgan fingerprint density at radius 2 is 2.00 bits per heavy atom. The van der Waals surface area contributed by atoms with Crippen LogP contribution in [0.15, 0.2) is 30.3 Å². The molecule has 1 heterocycles. The molecule has 116 valence electrons. The Labute approximate surface area is 127 Å². The van der Waals surface area contributed by atoms with Crippen LogP contribution in [0, 0.1) is 0 Å². The lowest BCUT2D eigenvalue weighted by Gasteiger charge is -2.11. The van der Waals surface area contributed by atoms with Crippen LogP contribution in [0.2, 0.25) is 5.02 Å². The van der Waals surface area contributed by atoms with Crippen molar-refractivity contribution in [2.75, 3.05) is 11.9 Å². The topological polar surface area (TPSA) is 75.1 Å². The molecule has 0 amide bonds. The highest BCUT2D eigenvalue weighted by Gasteiger charge is 2.33. The van der Waals surface area contributed by atoms with Crippen LogP contribution in [-0.4, -0.2) is 27.6 Å². The first-order valence-electron chi connectivity index (χ1n) is 5.93. The summed E-state index contributed by atoms with van der Waals surface area (Å²) < 4.78 is 38.6. The molecule has 9 heteroatoms. The first-order chi connectivity index (χ1) is 10.3. The van der Waals surface area contributed by atoms with Gasteiger partial charge in [-0.25, -0.2) is 9.97 Å². The van der Waals surface area contributed by atoms with Crippen molar-refractivity contribution >= 4 is 23.5 Å². The largest absolute Gasteiger partial charge is 0.480 e. The van der Waals surface area contributed by atoms with Gasteiger partial charge in [0.1, 0.15) is 6.54 Å². The summed E-state index contributed by atoms with van der Waals surface area (Å²) in [4.78, 5) is 17.7. The molecule has 0 aliphatic carbocycles. The highest BCUT2D eigenvalue weighted by Crippen LogP contribution is 2.31. The number of halogens is 4. The molecule has 0 atom stereocenters.